The minimum Gasteiger partial charge on any atom is -0.264 e. The van der Waals surface area contributed by atoms with E-state index < -0.39 is 0 Å². The molecule has 8 aromatic carbocycles. The largest absolute Gasteiger partial charge is 0.264 e. The van der Waals surface area contributed by atoms with Crippen molar-refractivity contribution in [2.24, 2.45) is 0 Å². The van der Waals surface area contributed by atoms with Crippen molar-refractivity contribution in [1.29, 1.82) is 0 Å². The number of nitrogens with zero attached hydrogens (tertiary/aromatic N) is 3. The predicted octanol–water partition coefficient (Wildman–Crippen LogP) is 12.8. The van der Waals surface area contributed by atoms with Crippen LogP contribution in [0, 0.1) is 0 Å². The summed E-state index contributed by atoms with van der Waals surface area (Å²) >= 11 is 0. The smallest absolute Gasteiger partial charge is 0.160 e. The summed E-state index contributed by atoms with van der Waals surface area (Å²) in [7, 11) is 0. The number of hydrogen-bond donors (Lipinski definition) is 0. The summed E-state index contributed by atoms with van der Waals surface area (Å²) < 4.78 is 0. The molecule has 242 valence electrons. The Morgan fingerprint density at radius 1 is 0.327 bits per heavy atom. The topological polar surface area (TPSA) is 38.7 Å². The van der Waals surface area contributed by atoms with Crippen molar-refractivity contribution in [3.05, 3.63) is 188 Å². The van der Waals surface area contributed by atoms with Gasteiger partial charge in [-0.1, -0.05) is 158 Å². The third-order valence-corrected chi connectivity index (χ3v) is 10.2. The average molecular weight is 662 g/mol. The lowest BCUT2D eigenvalue weighted by Crippen LogP contribution is -1.97. The standard InChI is InChI=1S/C49H31N3/c1-3-11-32(12-4-1)40-24-20-34-23-27-44-41(25-21-35-22-26-43(40)47(34)48(35)44)36-15-9-16-37(29-36)49-51-45(33-13-5-2-6-14-33)30-46(52-49)42-19-8-7-18-39(42)38-17-10-28-50-31-38/h1-31H. The predicted molar refractivity (Wildman–Crippen MR) is 216 cm³/mol. The number of benzene rings is 8. The molecule has 0 atom stereocenters. The van der Waals surface area contributed by atoms with E-state index in [1.165, 1.54) is 49.0 Å². The van der Waals surface area contributed by atoms with Gasteiger partial charge in [0.15, 0.2) is 5.82 Å². The van der Waals surface area contributed by atoms with E-state index in [2.05, 4.69) is 169 Å². The summed E-state index contributed by atoms with van der Waals surface area (Å²) in [5, 5.41) is 7.62. The normalized spacial score (nSPS) is 11.5. The second-order valence-corrected chi connectivity index (χ2v) is 13.2. The Morgan fingerprint density at radius 3 is 1.58 bits per heavy atom. The zero-order valence-electron chi connectivity index (χ0n) is 28.2. The zero-order chi connectivity index (χ0) is 34.4. The fraction of sp³-hybridized carbons (Fsp3) is 0. The van der Waals surface area contributed by atoms with Gasteiger partial charge in [0.1, 0.15) is 0 Å². The van der Waals surface area contributed by atoms with Gasteiger partial charge in [0.25, 0.3) is 0 Å². The first-order chi connectivity index (χ1) is 25.8. The van der Waals surface area contributed by atoms with Gasteiger partial charge in [0, 0.05) is 34.6 Å². The summed E-state index contributed by atoms with van der Waals surface area (Å²) in [5.41, 5.74) is 11.7. The minimum absolute atomic E-state index is 0.685. The number of pyridine rings is 1. The molecule has 0 N–H and O–H groups in total. The lowest BCUT2D eigenvalue weighted by Gasteiger charge is -2.17. The van der Waals surface area contributed by atoms with E-state index in [1.54, 1.807) is 6.20 Å². The highest BCUT2D eigenvalue weighted by Gasteiger charge is 2.17. The first kappa shape index (κ1) is 29.9. The fourth-order valence-electron chi connectivity index (χ4n) is 7.70. The molecule has 0 fully saturated rings. The van der Waals surface area contributed by atoms with Gasteiger partial charge in [-0.25, -0.2) is 9.97 Å². The highest BCUT2D eigenvalue weighted by atomic mass is 14.9. The Balaban J connectivity index is 1.15. The fourth-order valence-corrected chi connectivity index (χ4v) is 7.70. The molecule has 0 spiro atoms. The Labute approximate surface area is 301 Å². The molecule has 10 rings (SSSR count). The van der Waals surface area contributed by atoms with Crippen molar-refractivity contribution in [1.82, 2.24) is 15.0 Å². The minimum atomic E-state index is 0.685. The highest BCUT2D eigenvalue weighted by Crippen LogP contribution is 2.43. The Kier molecular flexibility index (Phi) is 7.14. The zero-order valence-corrected chi connectivity index (χ0v) is 28.2. The molecule has 3 nitrogen and oxygen atoms in total. The van der Waals surface area contributed by atoms with E-state index in [4.69, 9.17) is 9.97 Å². The van der Waals surface area contributed by atoms with Crippen LogP contribution in [0.3, 0.4) is 0 Å². The SMILES string of the molecule is c1ccc(-c2cc(-c3ccccc3-c3cccnc3)nc(-c3cccc(-c4ccc5ccc6c(-c7ccccc7)ccc7ccc4c5c76)c3)n2)cc1. The van der Waals surface area contributed by atoms with E-state index in [0.717, 1.165) is 44.8 Å². The van der Waals surface area contributed by atoms with Crippen molar-refractivity contribution in [2.45, 2.75) is 0 Å². The number of rotatable bonds is 6. The Hall–Kier alpha value is -6.97. The van der Waals surface area contributed by atoms with Crippen LogP contribution in [0.15, 0.2) is 188 Å². The molecule has 3 heteroatoms. The summed E-state index contributed by atoms with van der Waals surface area (Å²) in [4.78, 5) is 14.8. The van der Waals surface area contributed by atoms with Crippen LogP contribution in [-0.2, 0) is 0 Å². The second kappa shape index (κ2) is 12.4. The van der Waals surface area contributed by atoms with Crippen molar-refractivity contribution < 1.29 is 0 Å². The lowest BCUT2D eigenvalue weighted by atomic mass is 9.87. The van der Waals surface area contributed by atoms with Crippen molar-refractivity contribution in [3.63, 3.8) is 0 Å². The molecule has 0 saturated carbocycles. The monoisotopic (exact) mass is 661 g/mol. The van der Waals surface area contributed by atoms with Crippen LogP contribution < -0.4 is 0 Å². The summed E-state index contributed by atoms with van der Waals surface area (Å²) in [6.45, 7) is 0. The number of aromatic nitrogens is 3. The van der Waals surface area contributed by atoms with Gasteiger partial charge in [-0.15, -0.1) is 0 Å². The van der Waals surface area contributed by atoms with Gasteiger partial charge in [0.05, 0.1) is 11.4 Å². The van der Waals surface area contributed by atoms with Gasteiger partial charge >= 0.3 is 0 Å². The summed E-state index contributed by atoms with van der Waals surface area (Å²) in [6, 6.07) is 62.4. The first-order valence-electron chi connectivity index (χ1n) is 17.6. The van der Waals surface area contributed by atoms with Crippen LogP contribution in [0.4, 0.5) is 0 Å². The molecule has 0 saturated heterocycles. The van der Waals surface area contributed by atoms with E-state index in [-0.39, 0.29) is 0 Å². The van der Waals surface area contributed by atoms with Gasteiger partial charge < -0.3 is 0 Å². The van der Waals surface area contributed by atoms with Gasteiger partial charge in [-0.05, 0) is 78.3 Å². The Morgan fingerprint density at radius 2 is 0.885 bits per heavy atom. The van der Waals surface area contributed by atoms with Gasteiger partial charge in [-0.3, -0.25) is 4.98 Å². The van der Waals surface area contributed by atoms with Crippen LogP contribution in [0.5, 0.6) is 0 Å². The lowest BCUT2D eigenvalue weighted by molar-refractivity contribution is 1.18. The van der Waals surface area contributed by atoms with Crippen LogP contribution in [0.1, 0.15) is 0 Å². The molecular weight excluding hydrogens is 631 g/mol. The molecule has 0 bridgehead atoms. The molecule has 0 radical (unpaired) electrons. The number of hydrogen-bond acceptors (Lipinski definition) is 3. The van der Waals surface area contributed by atoms with E-state index in [1.807, 2.05) is 18.3 Å². The quantitative estimate of drug-likeness (QED) is 0.166. The summed E-state index contributed by atoms with van der Waals surface area (Å²) in [5.74, 6) is 0.685. The third-order valence-electron chi connectivity index (χ3n) is 10.2. The molecule has 0 aliphatic rings. The molecule has 0 aliphatic carbocycles. The molecule has 2 aromatic heterocycles. The van der Waals surface area contributed by atoms with E-state index >= 15 is 0 Å². The van der Waals surface area contributed by atoms with Crippen LogP contribution >= 0.6 is 0 Å². The maximum absolute atomic E-state index is 5.26. The highest BCUT2D eigenvalue weighted by molar-refractivity contribution is 6.27. The molecule has 2 heterocycles. The van der Waals surface area contributed by atoms with Crippen molar-refractivity contribution >= 4 is 32.3 Å². The average Bonchev–Trinajstić information content (AvgIpc) is 3.23. The maximum atomic E-state index is 5.26. The first-order valence-corrected chi connectivity index (χ1v) is 17.6. The van der Waals surface area contributed by atoms with Crippen molar-refractivity contribution in [2.75, 3.05) is 0 Å². The van der Waals surface area contributed by atoms with E-state index in [9.17, 15) is 0 Å². The molecule has 0 unspecified atom stereocenters. The van der Waals surface area contributed by atoms with E-state index in [0.29, 0.717) is 5.82 Å². The molecule has 52 heavy (non-hydrogen) atoms. The van der Waals surface area contributed by atoms with Gasteiger partial charge in [0.2, 0.25) is 0 Å². The molecule has 0 amide bonds. The second-order valence-electron chi connectivity index (χ2n) is 13.2. The van der Waals surface area contributed by atoms with Crippen LogP contribution in [-0.4, -0.2) is 15.0 Å². The summed E-state index contributed by atoms with van der Waals surface area (Å²) in [6.07, 6.45) is 3.71. The van der Waals surface area contributed by atoms with Gasteiger partial charge in [-0.2, -0.15) is 0 Å². The Bertz CT molecular complexity index is 2880. The van der Waals surface area contributed by atoms with Crippen LogP contribution in [0.2, 0.25) is 0 Å². The molecule has 10 aromatic rings. The van der Waals surface area contributed by atoms with Crippen molar-refractivity contribution in [3.8, 4) is 67.3 Å². The molecule has 0 aliphatic heterocycles. The molecular formula is C49H31N3. The maximum Gasteiger partial charge on any atom is 0.160 e. The third kappa shape index (κ3) is 5.10. The van der Waals surface area contributed by atoms with Crippen LogP contribution in [0.25, 0.3) is 99.6 Å².